The largest absolute Gasteiger partial charge is 0.496 e. The van der Waals surface area contributed by atoms with Gasteiger partial charge in [0, 0.05) is 11.8 Å². The highest BCUT2D eigenvalue weighted by atomic mass is 16.5. The molecule has 0 fully saturated rings. The fraction of sp³-hybridized carbons (Fsp3) is 0.125. The van der Waals surface area contributed by atoms with Gasteiger partial charge < -0.3 is 24.3 Å². The molecule has 0 unspecified atom stereocenters. The number of nitrogens with one attached hydrogen (secondary N) is 1. The number of carbonyl (C=O) groups excluding carboxylic acids is 1. The maximum absolute atomic E-state index is 13.0. The van der Waals surface area contributed by atoms with E-state index in [1.165, 1.54) is 0 Å². The second-order valence-electron chi connectivity index (χ2n) is 6.69. The average molecular weight is 403 g/mol. The van der Waals surface area contributed by atoms with Gasteiger partial charge in [0.2, 0.25) is 0 Å². The lowest BCUT2D eigenvalue weighted by Gasteiger charge is -2.13. The molecule has 0 saturated carbocycles. The molecule has 3 aromatic carbocycles. The summed E-state index contributed by atoms with van der Waals surface area (Å²) < 4.78 is 16.5. The second kappa shape index (κ2) is 8.31. The minimum atomic E-state index is -0.284. The molecule has 0 atom stereocenters. The normalized spacial score (nSPS) is 10.8. The highest BCUT2D eigenvalue weighted by Gasteiger charge is 2.16. The van der Waals surface area contributed by atoms with Crippen molar-refractivity contribution in [1.82, 2.24) is 0 Å². The van der Waals surface area contributed by atoms with Crippen LogP contribution < -0.4 is 14.8 Å². The first-order valence-corrected chi connectivity index (χ1v) is 9.39. The molecule has 1 heterocycles. The second-order valence-corrected chi connectivity index (χ2v) is 6.69. The summed E-state index contributed by atoms with van der Waals surface area (Å²) in [6, 6.07) is 20.2. The third-order valence-electron chi connectivity index (χ3n) is 4.85. The number of methoxy groups -OCH3 is 2. The molecule has 0 saturated heterocycles. The first kappa shape index (κ1) is 19.5. The number of ether oxygens (including phenoxy) is 2. The number of benzene rings is 3. The van der Waals surface area contributed by atoms with Crippen molar-refractivity contribution in [3.8, 4) is 22.8 Å². The van der Waals surface area contributed by atoms with E-state index in [0.717, 1.165) is 16.3 Å². The van der Waals surface area contributed by atoms with Crippen molar-refractivity contribution in [3.05, 3.63) is 78.1 Å². The van der Waals surface area contributed by atoms with E-state index in [1.807, 2.05) is 36.4 Å². The van der Waals surface area contributed by atoms with Gasteiger partial charge in [-0.15, -0.1) is 0 Å². The van der Waals surface area contributed by atoms with Gasteiger partial charge in [-0.1, -0.05) is 24.3 Å². The number of hydrogen-bond acceptors (Lipinski definition) is 5. The number of anilines is 1. The van der Waals surface area contributed by atoms with E-state index < -0.39 is 0 Å². The minimum absolute atomic E-state index is 0.177. The number of aliphatic hydroxyl groups excluding tert-OH is 1. The van der Waals surface area contributed by atoms with Crippen LogP contribution in [0.3, 0.4) is 0 Å². The third kappa shape index (κ3) is 3.73. The summed E-state index contributed by atoms with van der Waals surface area (Å²) in [4.78, 5) is 13.0. The summed E-state index contributed by atoms with van der Waals surface area (Å²) in [5.74, 6) is 1.80. The minimum Gasteiger partial charge on any atom is -0.496 e. The molecule has 0 aliphatic carbocycles. The molecular weight excluding hydrogens is 382 g/mol. The quantitative estimate of drug-likeness (QED) is 0.480. The van der Waals surface area contributed by atoms with Crippen LogP contribution in [-0.4, -0.2) is 25.2 Å². The van der Waals surface area contributed by atoms with Crippen molar-refractivity contribution in [2.45, 2.75) is 6.61 Å². The topological polar surface area (TPSA) is 80.9 Å². The fourth-order valence-electron chi connectivity index (χ4n) is 3.34. The predicted octanol–water partition coefficient (Wildman–Crippen LogP) is 4.86. The number of aliphatic hydroxyl groups is 1. The molecule has 0 aliphatic heterocycles. The Balaban J connectivity index is 1.64. The number of furan rings is 1. The SMILES string of the molecule is COc1cc2ccccc2cc1C(=O)Nc1ccc(-c2ccc(CO)o2)c(OC)c1. The molecule has 152 valence electrons. The highest BCUT2D eigenvalue weighted by Crippen LogP contribution is 2.34. The molecule has 30 heavy (non-hydrogen) atoms. The number of rotatable bonds is 6. The van der Waals surface area contributed by atoms with Gasteiger partial charge in [0.1, 0.15) is 29.6 Å². The fourth-order valence-corrected chi connectivity index (χ4v) is 3.34. The Hall–Kier alpha value is -3.77. The highest BCUT2D eigenvalue weighted by molar-refractivity contribution is 6.09. The van der Waals surface area contributed by atoms with Gasteiger partial charge in [-0.05, 0) is 47.2 Å². The zero-order valence-electron chi connectivity index (χ0n) is 16.6. The van der Waals surface area contributed by atoms with Crippen LogP contribution in [0.4, 0.5) is 5.69 Å². The van der Waals surface area contributed by atoms with Crippen LogP contribution in [-0.2, 0) is 6.61 Å². The predicted molar refractivity (Wildman–Crippen MR) is 115 cm³/mol. The van der Waals surface area contributed by atoms with E-state index in [2.05, 4.69) is 5.32 Å². The third-order valence-corrected chi connectivity index (χ3v) is 4.85. The van der Waals surface area contributed by atoms with E-state index in [1.54, 1.807) is 44.6 Å². The summed E-state index contributed by atoms with van der Waals surface area (Å²) in [6.07, 6.45) is 0. The van der Waals surface area contributed by atoms with Gasteiger partial charge in [0.05, 0.1) is 25.3 Å². The van der Waals surface area contributed by atoms with E-state index >= 15 is 0 Å². The van der Waals surface area contributed by atoms with Crippen molar-refractivity contribution < 1.29 is 23.8 Å². The lowest BCUT2D eigenvalue weighted by atomic mass is 10.0. The van der Waals surface area contributed by atoms with Gasteiger partial charge in [0.25, 0.3) is 5.91 Å². The van der Waals surface area contributed by atoms with Gasteiger partial charge in [-0.2, -0.15) is 0 Å². The van der Waals surface area contributed by atoms with Crippen molar-refractivity contribution >= 4 is 22.4 Å². The van der Waals surface area contributed by atoms with E-state index in [-0.39, 0.29) is 12.5 Å². The Kier molecular flexibility index (Phi) is 5.41. The Labute approximate surface area is 173 Å². The number of hydrogen-bond donors (Lipinski definition) is 2. The van der Waals surface area contributed by atoms with Gasteiger partial charge in [-0.25, -0.2) is 0 Å². The molecule has 4 rings (SSSR count). The van der Waals surface area contributed by atoms with Crippen molar-refractivity contribution in [2.24, 2.45) is 0 Å². The molecule has 1 aromatic heterocycles. The van der Waals surface area contributed by atoms with E-state index in [9.17, 15) is 9.90 Å². The lowest BCUT2D eigenvalue weighted by Crippen LogP contribution is -2.13. The molecule has 1 amide bonds. The standard InChI is InChI=1S/C24H21NO5/c1-28-22-12-16-6-4-3-5-15(16)11-20(22)24(27)25-17-7-9-19(23(13-17)29-2)21-10-8-18(14-26)30-21/h3-13,26H,14H2,1-2H3,(H,25,27). The van der Waals surface area contributed by atoms with Crippen LogP contribution in [0.15, 0.2) is 71.1 Å². The maximum Gasteiger partial charge on any atom is 0.259 e. The molecule has 6 nitrogen and oxygen atoms in total. The van der Waals surface area contributed by atoms with Crippen molar-refractivity contribution in [1.29, 1.82) is 0 Å². The lowest BCUT2D eigenvalue weighted by molar-refractivity contribution is 0.102. The molecule has 0 spiro atoms. The molecule has 4 aromatic rings. The van der Waals surface area contributed by atoms with Crippen molar-refractivity contribution in [3.63, 3.8) is 0 Å². The summed E-state index contributed by atoms with van der Waals surface area (Å²) in [5, 5.41) is 14.1. The number of amides is 1. The summed E-state index contributed by atoms with van der Waals surface area (Å²) >= 11 is 0. The van der Waals surface area contributed by atoms with Crippen LogP contribution in [0, 0.1) is 0 Å². The smallest absolute Gasteiger partial charge is 0.259 e. The molecular formula is C24H21NO5. The maximum atomic E-state index is 13.0. The molecule has 6 heteroatoms. The zero-order valence-corrected chi connectivity index (χ0v) is 16.6. The first-order chi connectivity index (χ1) is 14.6. The van der Waals surface area contributed by atoms with Crippen LogP contribution in [0.1, 0.15) is 16.1 Å². The van der Waals surface area contributed by atoms with E-state index in [4.69, 9.17) is 13.9 Å². The van der Waals surface area contributed by atoms with E-state index in [0.29, 0.717) is 34.3 Å². The first-order valence-electron chi connectivity index (χ1n) is 9.39. The Morgan fingerprint density at radius 2 is 1.67 bits per heavy atom. The Morgan fingerprint density at radius 1 is 0.933 bits per heavy atom. The average Bonchev–Trinajstić information content (AvgIpc) is 3.27. The Bertz CT molecular complexity index is 1210. The number of carbonyl (C=O) groups is 1. The monoisotopic (exact) mass is 403 g/mol. The zero-order chi connectivity index (χ0) is 21.1. The van der Waals surface area contributed by atoms with Gasteiger partial charge in [0.15, 0.2) is 0 Å². The van der Waals surface area contributed by atoms with Crippen LogP contribution in [0.25, 0.3) is 22.1 Å². The summed E-state index contributed by atoms with van der Waals surface area (Å²) in [6.45, 7) is -0.177. The molecule has 0 bridgehead atoms. The summed E-state index contributed by atoms with van der Waals surface area (Å²) in [5.41, 5.74) is 1.74. The van der Waals surface area contributed by atoms with Gasteiger partial charge >= 0.3 is 0 Å². The molecule has 2 N–H and O–H groups in total. The van der Waals surface area contributed by atoms with Crippen LogP contribution >= 0.6 is 0 Å². The van der Waals surface area contributed by atoms with Crippen molar-refractivity contribution in [2.75, 3.05) is 19.5 Å². The van der Waals surface area contributed by atoms with Crippen LogP contribution in [0.5, 0.6) is 11.5 Å². The Morgan fingerprint density at radius 3 is 2.33 bits per heavy atom. The van der Waals surface area contributed by atoms with Crippen LogP contribution in [0.2, 0.25) is 0 Å². The number of fused-ring (bicyclic) bond motifs is 1. The molecule has 0 radical (unpaired) electrons. The summed E-state index contributed by atoms with van der Waals surface area (Å²) in [7, 11) is 3.09. The molecule has 0 aliphatic rings. The van der Waals surface area contributed by atoms with Gasteiger partial charge in [-0.3, -0.25) is 4.79 Å².